The van der Waals surface area contributed by atoms with E-state index in [9.17, 15) is 8.78 Å². The molecule has 1 N–H and O–H groups in total. The van der Waals surface area contributed by atoms with Crippen LogP contribution in [-0.2, 0) is 6.42 Å². The molecule has 0 spiro atoms. The predicted molar refractivity (Wildman–Crippen MR) is 119 cm³/mol. The van der Waals surface area contributed by atoms with Gasteiger partial charge in [-0.2, -0.15) is 0 Å². The van der Waals surface area contributed by atoms with Crippen LogP contribution in [0.3, 0.4) is 0 Å². The quantitative estimate of drug-likeness (QED) is 0.423. The van der Waals surface area contributed by atoms with Crippen LogP contribution >= 0.6 is 0 Å². The van der Waals surface area contributed by atoms with Gasteiger partial charge >= 0.3 is 0 Å². The summed E-state index contributed by atoms with van der Waals surface area (Å²) in [6.45, 7) is 1.89. The summed E-state index contributed by atoms with van der Waals surface area (Å²) in [5.41, 5.74) is 3.20. The van der Waals surface area contributed by atoms with Crippen molar-refractivity contribution in [1.29, 1.82) is 0 Å². The van der Waals surface area contributed by atoms with Crippen molar-refractivity contribution < 1.29 is 8.78 Å². The molecular formula is C27H23F2N. The molecule has 0 aromatic heterocycles. The molecular weight excluding hydrogens is 376 g/mol. The zero-order valence-electron chi connectivity index (χ0n) is 16.6. The minimum atomic E-state index is -0.529. The molecule has 1 aliphatic heterocycles. The second kappa shape index (κ2) is 8.00. The SMILES string of the molecule is Fc1cccc(F)c1-c1ccc([C@H]2CNC[C@@H]2Cc2cccc3ccccc23)cc1. The number of halogens is 2. The fourth-order valence-electron chi connectivity index (χ4n) is 4.76. The lowest BCUT2D eigenvalue weighted by atomic mass is 9.83. The molecule has 0 bridgehead atoms. The van der Waals surface area contributed by atoms with Gasteiger partial charge in [0.2, 0.25) is 0 Å². The van der Waals surface area contributed by atoms with E-state index in [4.69, 9.17) is 0 Å². The maximum absolute atomic E-state index is 14.1. The molecule has 0 saturated carbocycles. The summed E-state index contributed by atoms with van der Waals surface area (Å²) in [6, 6.07) is 26.7. The summed E-state index contributed by atoms with van der Waals surface area (Å²) in [5, 5.41) is 6.12. The van der Waals surface area contributed by atoms with Crippen LogP contribution < -0.4 is 5.32 Å². The molecule has 1 saturated heterocycles. The van der Waals surface area contributed by atoms with E-state index in [2.05, 4.69) is 47.8 Å². The third kappa shape index (κ3) is 3.50. The Bertz CT molecular complexity index is 1160. The molecule has 1 heterocycles. The van der Waals surface area contributed by atoms with Gasteiger partial charge in [-0.25, -0.2) is 8.78 Å². The van der Waals surface area contributed by atoms with Crippen LogP contribution in [0.5, 0.6) is 0 Å². The topological polar surface area (TPSA) is 12.0 Å². The highest BCUT2D eigenvalue weighted by atomic mass is 19.1. The van der Waals surface area contributed by atoms with Gasteiger partial charge in [0.1, 0.15) is 11.6 Å². The van der Waals surface area contributed by atoms with Crippen molar-refractivity contribution in [2.24, 2.45) is 5.92 Å². The Labute approximate surface area is 175 Å². The van der Waals surface area contributed by atoms with Crippen molar-refractivity contribution in [3.63, 3.8) is 0 Å². The van der Waals surface area contributed by atoms with Crippen LogP contribution in [0.15, 0.2) is 84.9 Å². The van der Waals surface area contributed by atoms with Crippen molar-refractivity contribution >= 4 is 10.8 Å². The predicted octanol–water partition coefficient (Wildman–Crippen LogP) is 6.33. The van der Waals surface area contributed by atoms with Gasteiger partial charge in [0.15, 0.2) is 0 Å². The highest BCUT2D eigenvalue weighted by Crippen LogP contribution is 2.34. The number of rotatable bonds is 4. The van der Waals surface area contributed by atoms with Gasteiger partial charge in [0.05, 0.1) is 5.56 Å². The molecule has 4 aromatic rings. The van der Waals surface area contributed by atoms with Gasteiger partial charge in [-0.1, -0.05) is 72.8 Å². The molecule has 30 heavy (non-hydrogen) atoms. The minimum Gasteiger partial charge on any atom is -0.316 e. The van der Waals surface area contributed by atoms with Gasteiger partial charge < -0.3 is 5.32 Å². The Hall–Kier alpha value is -3.04. The van der Waals surface area contributed by atoms with Crippen LogP contribution in [0.2, 0.25) is 0 Å². The molecule has 0 amide bonds. The van der Waals surface area contributed by atoms with Gasteiger partial charge in [-0.05, 0) is 58.5 Å². The molecule has 3 heteroatoms. The molecule has 0 aliphatic carbocycles. The minimum absolute atomic E-state index is 0.0425. The van der Waals surface area contributed by atoms with E-state index in [1.54, 1.807) is 0 Å². The maximum Gasteiger partial charge on any atom is 0.133 e. The fourth-order valence-corrected chi connectivity index (χ4v) is 4.76. The van der Waals surface area contributed by atoms with Crippen LogP contribution in [0.4, 0.5) is 8.78 Å². The lowest BCUT2D eigenvalue weighted by Gasteiger charge is -2.20. The van der Waals surface area contributed by atoms with Crippen LogP contribution in [0.25, 0.3) is 21.9 Å². The van der Waals surface area contributed by atoms with E-state index in [1.807, 2.05) is 24.3 Å². The summed E-state index contributed by atoms with van der Waals surface area (Å²) in [6.07, 6.45) is 1.00. The number of hydrogen-bond donors (Lipinski definition) is 1. The first-order valence-electron chi connectivity index (χ1n) is 10.4. The zero-order valence-corrected chi connectivity index (χ0v) is 16.6. The Morgan fingerprint density at radius 3 is 2.23 bits per heavy atom. The lowest BCUT2D eigenvalue weighted by Crippen LogP contribution is -2.14. The van der Waals surface area contributed by atoms with E-state index < -0.39 is 11.6 Å². The summed E-state index contributed by atoms with van der Waals surface area (Å²) in [4.78, 5) is 0. The summed E-state index contributed by atoms with van der Waals surface area (Å²) in [5.74, 6) is -0.200. The summed E-state index contributed by atoms with van der Waals surface area (Å²) < 4.78 is 28.2. The first kappa shape index (κ1) is 19.0. The highest BCUT2D eigenvalue weighted by molar-refractivity contribution is 5.85. The smallest absolute Gasteiger partial charge is 0.133 e. The Morgan fingerprint density at radius 2 is 1.43 bits per heavy atom. The fraction of sp³-hybridized carbons (Fsp3) is 0.185. The zero-order chi connectivity index (χ0) is 20.5. The van der Waals surface area contributed by atoms with E-state index in [1.165, 1.54) is 40.1 Å². The molecule has 2 atom stereocenters. The third-order valence-corrected chi connectivity index (χ3v) is 6.29. The molecule has 150 valence electrons. The van der Waals surface area contributed by atoms with E-state index >= 15 is 0 Å². The van der Waals surface area contributed by atoms with Gasteiger partial charge in [-0.15, -0.1) is 0 Å². The Morgan fingerprint density at radius 1 is 0.733 bits per heavy atom. The average molecular weight is 399 g/mol. The lowest BCUT2D eigenvalue weighted by molar-refractivity contribution is 0.518. The van der Waals surface area contributed by atoms with Crippen molar-refractivity contribution in [3.8, 4) is 11.1 Å². The molecule has 1 nitrogen and oxygen atoms in total. The Kier molecular flexibility index (Phi) is 5.06. The van der Waals surface area contributed by atoms with Crippen molar-refractivity contribution in [1.82, 2.24) is 5.32 Å². The number of nitrogens with one attached hydrogen (secondary N) is 1. The van der Waals surface area contributed by atoms with Gasteiger partial charge in [0, 0.05) is 12.5 Å². The largest absolute Gasteiger partial charge is 0.316 e. The normalized spacial score (nSPS) is 18.7. The van der Waals surface area contributed by atoms with Crippen LogP contribution in [0, 0.1) is 17.6 Å². The number of benzene rings is 4. The Balaban J connectivity index is 1.41. The van der Waals surface area contributed by atoms with Crippen molar-refractivity contribution in [2.75, 3.05) is 13.1 Å². The number of fused-ring (bicyclic) bond motifs is 1. The molecule has 0 unspecified atom stereocenters. The first-order chi connectivity index (χ1) is 14.7. The molecule has 1 fully saturated rings. The van der Waals surface area contributed by atoms with Crippen LogP contribution in [0.1, 0.15) is 17.0 Å². The summed E-state index contributed by atoms with van der Waals surface area (Å²) in [7, 11) is 0. The highest BCUT2D eigenvalue weighted by Gasteiger charge is 2.29. The number of hydrogen-bond acceptors (Lipinski definition) is 1. The van der Waals surface area contributed by atoms with Crippen LogP contribution in [-0.4, -0.2) is 13.1 Å². The molecule has 5 rings (SSSR count). The standard InChI is InChI=1S/C27H23F2N/c28-25-9-4-10-26(29)27(25)20-13-11-19(12-14-20)24-17-30-16-22(24)15-21-7-3-6-18-5-1-2-8-23(18)21/h1-14,22,24,30H,15-17H2/t22-,24+/m0/s1. The van der Waals surface area contributed by atoms with E-state index in [-0.39, 0.29) is 5.56 Å². The second-order valence-electron chi connectivity index (χ2n) is 8.09. The monoisotopic (exact) mass is 399 g/mol. The first-order valence-corrected chi connectivity index (χ1v) is 10.4. The maximum atomic E-state index is 14.1. The summed E-state index contributed by atoms with van der Waals surface area (Å²) >= 11 is 0. The average Bonchev–Trinajstić information content (AvgIpc) is 3.23. The molecule has 0 radical (unpaired) electrons. The van der Waals surface area contributed by atoms with Gasteiger partial charge in [0.25, 0.3) is 0 Å². The molecule has 1 aliphatic rings. The van der Waals surface area contributed by atoms with E-state index in [0.717, 1.165) is 19.5 Å². The van der Waals surface area contributed by atoms with Crippen molar-refractivity contribution in [3.05, 3.63) is 108 Å². The van der Waals surface area contributed by atoms with Crippen molar-refractivity contribution in [2.45, 2.75) is 12.3 Å². The third-order valence-electron chi connectivity index (χ3n) is 6.29. The second-order valence-corrected chi connectivity index (χ2v) is 8.09. The van der Waals surface area contributed by atoms with E-state index in [0.29, 0.717) is 17.4 Å². The molecule has 4 aromatic carbocycles. The van der Waals surface area contributed by atoms with Gasteiger partial charge in [-0.3, -0.25) is 0 Å².